The van der Waals surface area contributed by atoms with E-state index in [1.54, 1.807) is 24.3 Å². The third-order valence-corrected chi connectivity index (χ3v) is 2.65. The zero-order valence-electron chi connectivity index (χ0n) is 10.9. The fourth-order valence-corrected chi connectivity index (χ4v) is 1.55. The van der Waals surface area contributed by atoms with Crippen LogP contribution in [0.5, 0.6) is 0 Å². The molecule has 0 spiro atoms. The first-order chi connectivity index (χ1) is 9.17. The van der Waals surface area contributed by atoms with E-state index < -0.39 is 0 Å². The topological polar surface area (TPSA) is 55.4 Å². The van der Waals surface area contributed by atoms with Gasteiger partial charge in [0, 0.05) is 18.0 Å². The van der Waals surface area contributed by atoms with Crippen molar-refractivity contribution < 1.29 is 14.3 Å². The Hall–Kier alpha value is -1.55. The first-order valence-corrected chi connectivity index (χ1v) is 6.83. The highest BCUT2D eigenvalue weighted by Crippen LogP contribution is 2.11. The quantitative estimate of drug-likeness (QED) is 0.617. The van der Waals surface area contributed by atoms with E-state index in [2.05, 4.69) is 5.32 Å². The fraction of sp³-hybridized carbons (Fsp3) is 0.429. The van der Waals surface area contributed by atoms with E-state index in [4.69, 9.17) is 16.3 Å². The first kappa shape index (κ1) is 15.5. The molecule has 0 fully saturated rings. The van der Waals surface area contributed by atoms with Crippen LogP contribution in [0.4, 0.5) is 5.69 Å². The van der Waals surface area contributed by atoms with Crippen LogP contribution in [0.1, 0.15) is 36.5 Å². The molecule has 0 aliphatic carbocycles. The van der Waals surface area contributed by atoms with E-state index in [9.17, 15) is 9.59 Å². The monoisotopic (exact) mass is 283 g/mol. The Morgan fingerprint density at radius 2 is 1.95 bits per heavy atom. The number of esters is 1. The molecule has 0 heterocycles. The number of ether oxygens (including phenoxy) is 1. The number of hydrogen-bond acceptors (Lipinski definition) is 3. The van der Waals surface area contributed by atoms with E-state index in [0.29, 0.717) is 36.6 Å². The van der Waals surface area contributed by atoms with E-state index in [-0.39, 0.29) is 11.9 Å². The third-order valence-electron chi connectivity index (χ3n) is 2.38. The van der Waals surface area contributed by atoms with E-state index in [1.807, 2.05) is 6.92 Å². The SMILES string of the molecule is CCCOC(=O)c1ccc(NC(=O)CCCCl)cc1. The zero-order valence-corrected chi connectivity index (χ0v) is 11.7. The van der Waals surface area contributed by atoms with Gasteiger partial charge in [0.1, 0.15) is 0 Å². The van der Waals surface area contributed by atoms with Gasteiger partial charge >= 0.3 is 5.97 Å². The summed E-state index contributed by atoms with van der Waals surface area (Å²) in [5, 5.41) is 2.74. The number of halogens is 1. The second-order valence-corrected chi connectivity index (χ2v) is 4.43. The minimum Gasteiger partial charge on any atom is -0.462 e. The molecule has 0 saturated heterocycles. The minimum absolute atomic E-state index is 0.0815. The Labute approximate surface area is 118 Å². The van der Waals surface area contributed by atoms with Crippen molar-refractivity contribution >= 4 is 29.2 Å². The predicted molar refractivity (Wildman–Crippen MR) is 75.6 cm³/mol. The van der Waals surface area contributed by atoms with Gasteiger partial charge in [-0.2, -0.15) is 0 Å². The Morgan fingerprint density at radius 3 is 2.53 bits per heavy atom. The van der Waals surface area contributed by atoms with Crippen LogP contribution in [0, 0.1) is 0 Å². The number of hydrogen-bond donors (Lipinski definition) is 1. The summed E-state index contributed by atoms with van der Waals surface area (Å²) in [6.07, 6.45) is 1.83. The largest absolute Gasteiger partial charge is 0.462 e. The summed E-state index contributed by atoms with van der Waals surface area (Å²) in [5.74, 6) is 0.0409. The van der Waals surface area contributed by atoms with Crippen LogP contribution in [-0.4, -0.2) is 24.4 Å². The Morgan fingerprint density at radius 1 is 1.26 bits per heavy atom. The number of amides is 1. The van der Waals surface area contributed by atoms with Gasteiger partial charge in [0.2, 0.25) is 5.91 Å². The molecule has 0 radical (unpaired) electrons. The van der Waals surface area contributed by atoms with Crippen molar-refractivity contribution in [2.75, 3.05) is 17.8 Å². The van der Waals surface area contributed by atoms with Crippen LogP contribution < -0.4 is 5.32 Å². The average molecular weight is 284 g/mol. The maximum absolute atomic E-state index is 11.6. The van der Waals surface area contributed by atoms with E-state index >= 15 is 0 Å². The lowest BCUT2D eigenvalue weighted by atomic mass is 10.2. The highest BCUT2D eigenvalue weighted by molar-refractivity contribution is 6.18. The van der Waals surface area contributed by atoms with Crippen molar-refractivity contribution in [3.63, 3.8) is 0 Å². The van der Waals surface area contributed by atoms with Crippen molar-refractivity contribution in [1.29, 1.82) is 0 Å². The maximum atomic E-state index is 11.6. The number of anilines is 1. The standard InChI is InChI=1S/C14H18ClNO3/c1-2-10-19-14(18)11-5-7-12(8-6-11)16-13(17)4-3-9-15/h5-8H,2-4,9-10H2,1H3,(H,16,17). The lowest BCUT2D eigenvalue weighted by Crippen LogP contribution is -2.11. The van der Waals surface area contributed by atoms with Crippen molar-refractivity contribution in [2.45, 2.75) is 26.2 Å². The maximum Gasteiger partial charge on any atom is 0.338 e. The van der Waals surface area contributed by atoms with Gasteiger partial charge in [-0.05, 0) is 37.1 Å². The molecule has 0 aliphatic heterocycles. The summed E-state index contributed by atoms with van der Waals surface area (Å²) in [7, 11) is 0. The molecule has 104 valence electrons. The van der Waals surface area contributed by atoms with Crippen molar-refractivity contribution in [3.05, 3.63) is 29.8 Å². The molecular formula is C14H18ClNO3. The molecule has 19 heavy (non-hydrogen) atoms. The summed E-state index contributed by atoms with van der Waals surface area (Å²) in [6.45, 7) is 2.35. The van der Waals surface area contributed by atoms with Gasteiger partial charge in [-0.15, -0.1) is 11.6 Å². The van der Waals surface area contributed by atoms with Gasteiger partial charge in [0.15, 0.2) is 0 Å². The van der Waals surface area contributed by atoms with Crippen LogP contribution in [0.2, 0.25) is 0 Å². The normalized spacial score (nSPS) is 10.0. The number of carbonyl (C=O) groups excluding carboxylic acids is 2. The molecule has 1 aromatic rings. The van der Waals surface area contributed by atoms with E-state index in [1.165, 1.54) is 0 Å². The number of alkyl halides is 1. The highest BCUT2D eigenvalue weighted by atomic mass is 35.5. The van der Waals surface area contributed by atoms with Gasteiger partial charge in [0.05, 0.1) is 12.2 Å². The molecule has 0 aliphatic rings. The summed E-state index contributed by atoms with van der Waals surface area (Å²) < 4.78 is 5.01. The van der Waals surface area contributed by atoms with Crippen LogP contribution in [0.15, 0.2) is 24.3 Å². The molecule has 0 unspecified atom stereocenters. The summed E-state index contributed by atoms with van der Waals surface area (Å²) in [4.78, 5) is 23.0. The lowest BCUT2D eigenvalue weighted by molar-refractivity contribution is -0.116. The summed E-state index contributed by atoms with van der Waals surface area (Å²) >= 11 is 5.51. The lowest BCUT2D eigenvalue weighted by Gasteiger charge is -2.06. The molecule has 1 aromatic carbocycles. The first-order valence-electron chi connectivity index (χ1n) is 6.30. The van der Waals surface area contributed by atoms with E-state index in [0.717, 1.165) is 6.42 Å². The molecule has 0 saturated carbocycles. The molecule has 4 nitrogen and oxygen atoms in total. The highest BCUT2D eigenvalue weighted by Gasteiger charge is 2.07. The fourth-order valence-electron chi connectivity index (χ4n) is 1.42. The van der Waals surface area contributed by atoms with Crippen molar-refractivity contribution in [1.82, 2.24) is 0 Å². The second-order valence-electron chi connectivity index (χ2n) is 4.05. The molecule has 1 amide bonds. The summed E-state index contributed by atoms with van der Waals surface area (Å²) in [6, 6.07) is 6.63. The van der Waals surface area contributed by atoms with Gasteiger partial charge in [-0.3, -0.25) is 4.79 Å². The Kier molecular flexibility index (Phi) is 6.97. The second kappa shape index (κ2) is 8.53. The van der Waals surface area contributed by atoms with Gasteiger partial charge in [-0.1, -0.05) is 6.92 Å². The van der Waals surface area contributed by atoms with Gasteiger partial charge in [0.25, 0.3) is 0 Å². The van der Waals surface area contributed by atoms with Crippen molar-refractivity contribution in [2.24, 2.45) is 0 Å². The van der Waals surface area contributed by atoms with Gasteiger partial charge < -0.3 is 10.1 Å². The van der Waals surface area contributed by atoms with Crippen LogP contribution in [-0.2, 0) is 9.53 Å². The number of carbonyl (C=O) groups is 2. The molecule has 0 aromatic heterocycles. The molecule has 1 rings (SSSR count). The smallest absolute Gasteiger partial charge is 0.338 e. The number of rotatable bonds is 7. The summed E-state index contributed by atoms with van der Waals surface area (Å²) in [5.41, 5.74) is 1.14. The predicted octanol–water partition coefficient (Wildman–Crippen LogP) is 3.21. The van der Waals surface area contributed by atoms with Crippen LogP contribution in [0.25, 0.3) is 0 Å². The third kappa shape index (κ3) is 5.75. The Balaban J connectivity index is 2.51. The number of benzene rings is 1. The van der Waals surface area contributed by atoms with Gasteiger partial charge in [-0.25, -0.2) is 4.79 Å². The number of nitrogens with one attached hydrogen (secondary N) is 1. The van der Waals surface area contributed by atoms with Crippen molar-refractivity contribution in [3.8, 4) is 0 Å². The molecule has 0 atom stereocenters. The molecular weight excluding hydrogens is 266 g/mol. The Bertz CT molecular complexity index is 417. The van der Waals surface area contributed by atoms with Crippen LogP contribution >= 0.6 is 11.6 Å². The molecule has 0 bridgehead atoms. The minimum atomic E-state index is -0.345. The average Bonchev–Trinajstić information content (AvgIpc) is 2.43. The zero-order chi connectivity index (χ0) is 14.1. The van der Waals surface area contributed by atoms with Crippen LogP contribution in [0.3, 0.4) is 0 Å². The molecule has 5 heteroatoms. The molecule has 1 N–H and O–H groups in total.